The Morgan fingerprint density at radius 1 is 0.800 bits per heavy atom. The second kappa shape index (κ2) is 10.3. The first-order valence-corrected chi connectivity index (χ1v) is 11.0. The minimum atomic E-state index is -5.84. The van der Waals surface area contributed by atoms with Gasteiger partial charge in [-0.25, -0.2) is 13.5 Å². The highest BCUT2D eigenvalue weighted by molar-refractivity contribution is 5.65. The summed E-state index contributed by atoms with van der Waals surface area (Å²) in [5.41, 5.74) is -2.48. The summed E-state index contributed by atoms with van der Waals surface area (Å²) in [4.78, 5) is 0. The van der Waals surface area contributed by atoms with Crippen LogP contribution in [0.3, 0.4) is 0 Å². The molecule has 35 heavy (non-hydrogen) atoms. The molecule has 0 radical (unpaired) electrons. The predicted octanol–water partition coefficient (Wildman–Crippen LogP) is 8.80. The van der Waals surface area contributed by atoms with Crippen molar-refractivity contribution in [3.8, 4) is 16.9 Å². The van der Waals surface area contributed by atoms with Crippen molar-refractivity contribution in [2.24, 2.45) is 11.8 Å². The van der Waals surface area contributed by atoms with E-state index in [2.05, 4.69) is 4.74 Å². The number of hydrogen-bond donors (Lipinski definition) is 0. The van der Waals surface area contributed by atoms with E-state index >= 15 is 0 Å². The van der Waals surface area contributed by atoms with Crippen LogP contribution in [0.25, 0.3) is 11.1 Å². The van der Waals surface area contributed by atoms with E-state index in [4.69, 9.17) is 4.74 Å². The van der Waals surface area contributed by atoms with E-state index in [0.29, 0.717) is 43.7 Å². The van der Waals surface area contributed by atoms with E-state index in [1.54, 1.807) is 0 Å². The lowest BCUT2D eigenvalue weighted by Gasteiger charge is -2.33. The second-order valence-electron chi connectivity index (χ2n) is 8.57. The van der Waals surface area contributed by atoms with Crippen molar-refractivity contribution in [1.29, 1.82) is 0 Å². The van der Waals surface area contributed by atoms with E-state index in [0.717, 1.165) is 25.0 Å². The van der Waals surface area contributed by atoms with Gasteiger partial charge in [0.05, 0.1) is 5.92 Å². The molecule has 1 aliphatic carbocycles. The van der Waals surface area contributed by atoms with Gasteiger partial charge in [-0.2, -0.15) is 17.6 Å². The Kier molecular flexibility index (Phi) is 7.98. The molecule has 0 saturated heterocycles. The van der Waals surface area contributed by atoms with E-state index in [1.807, 2.05) is 6.92 Å². The normalized spacial score (nSPS) is 19.6. The monoisotopic (exact) mass is 514 g/mol. The van der Waals surface area contributed by atoms with Crippen LogP contribution in [0.4, 0.5) is 39.5 Å². The van der Waals surface area contributed by atoms with Crippen LogP contribution < -0.4 is 4.74 Å². The Morgan fingerprint density at radius 3 is 1.83 bits per heavy atom. The Labute approximate surface area is 196 Å². The van der Waals surface area contributed by atoms with Gasteiger partial charge in [0, 0.05) is 0 Å². The van der Waals surface area contributed by atoms with Crippen molar-refractivity contribution >= 4 is 0 Å². The van der Waals surface area contributed by atoms with Crippen LogP contribution in [-0.4, -0.2) is 12.5 Å². The SMILES string of the molecule is CCCC1CCC(C(F)(F)Oc2ccc(-c3cc(F)c(C(F)(F)OC(F)(F)F)c(F)c3)cc2)CC1. The van der Waals surface area contributed by atoms with Gasteiger partial charge in [0.25, 0.3) is 0 Å². The largest absolute Gasteiger partial charge is 0.527 e. The molecule has 1 fully saturated rings. The van der Waals surface area contributed by atoms with Crippen molar-refractivity contribution in [2.45, 2.75) is 64.0 Å². The first-order chi connectivity index (χ1) is 16.2. The standard InChI is InChI=1S/C24H23F9O2/c1-2-3-14-4-8-17(9-5-14)22(27,28)34-18-10-6-15(7-11-18)16-12-19(25)21(20(26)13-16)23(29,30)35-24(31,32)33/h6-7,10-14,17H,2-5,8-9H2,1H3. The van der Waals surface area contributed by atoms with Gasteiger partial charge < -0.3 is 4.74 Å². The van der Waals surface area contributed by atoms with E-state index < -0.39 is 41.7 Å². The molecule has 3 rings (SSSR count). The summed E-state index contributed by atoms with van der Waals surface area (Å²) in [6.45, 7) is 2.04. The smallest absolute Gasteiger partial charge is 0.432 e. The van der Waals surface area contributed by atoms with Crippen molar-refractivity contribution in [3.05, 3.63) is 53.6 Å². The number of halogens is 9. The van der Waals surface area contributed by atoms with Gasteiger partial charge in [0.2, 0.25) is 0 Å². The first kappa shape index (κ1) is 27.2. The highest BCUT2D eigenvalue weighted by atomic mass is 19.4. The lowest BCUT2D eigenvalue weighted by molar-refractivity contribution is -0.432. The molecule has 0 unspecified atom stereocenters. The molecule has 2 aromatic carbocycles. The number of hydrogen-bond acceptors (Lipinski definition) is 2. The Hall–Kier alpha value is -2.43. The first-order valence-electron chi connectivity index (χ1n) is 11.0. The summed E-state index contributed by atoms with van der Waals surface area (Å²) >= 11 is 0. The molecule has 0 aromatic heterocycles. The summed E-state index contributed by atoms with van der Waals surface area (Å²) in [6, 6.07) is 5.37. The molecule has 0 heterocycles. The number of alkyl halides is 7. The Morgan fingerprint density at radius 2 is 1.34 bits per heavy atom. The number of benzene rings is 2. The molecule has 11 heteroatoms. The zero-order valence-corrected chi connectivity index (χ0v) is 18.6. The number of rotatable bonds is 8. The lowest BCUT2D eigenvalue weighted by Crippen LogP contribution is -2.37. The molecule has 0 spiro atoms. The summed E-state index contributed by atoms with van der Waals surface area (Å²) in [5, 5.41) is 0. The van der Waals surface area contributed by atoms with Gasteiger partial charge >= 0.3 is 18.6 Å². The van der Waals surface area contributed by atoms with Gasteiger partial charge in [-0.3, -0.25) is 0 Å². The third kappa shape index (κ3) is 6.83. The molecule has 2 aromatic rings. The molecule has 0 amide bonds. The number of ether oxygens (including phenoxy) is 2. The van der Waals surface area contributed by atoms with Crippen LogP contribution in [0.1, 0.15) is 51.0 Å². The van der Waals surface area contributed by atoms with Crippen LogP contribution in [0.15, 0.2) is 36.4 Å². The molecular formula is C24H23F9O2. The van der Waals surface area contributed by atoms with Crippen LogP contribution in [0.2, 0.25) is 0 Å². The minimum absolute atomic E-state index is 0.0325. The second-order valence-corrected chi connectivity index (χ2v) is 8.57. The van der Waals surface area contributed by atoms with Crippen molar-refractivity contribution in [3.63, 3.8) is 0 Å². The van der Waals surface area contributed by atoms with Crippen molar-refractivity contribution in [2.75, 3.05) is 0 Å². The fourth-order valence-corrected chi connectivity index (χ4v) is 4.37. The third-order valence-electron chi connectivity index (χ3n) is 6.04. The van der Waals surface area contributed by atoms with Gasteiger partial charge in [0.1, 0.15) is 22.9 Å². The zero-order chi connectivity index (χ0) is 26.0. The van der Waals surface area contributed by atoms with Gasteiger partial charge in [-0.05, 0) is 67.0 Å². The highest BCUT2D eigenvalue weighted by Gasteiger charge is 2.49. The van der Waals surface area contributed by atoms with Crippen LogP contribution >= 0.6 is 0 Å². The highest BCUT2D eigenvalue weighted by Crippen LogP contribution is 2.42. The molecule has 0 atom stereocenters. The molecule has 1 saturated carbocycles. The molecule has 194 valence electrons. The average molecular weight is 514 g/mol. The van der Waals surface area contributed by atoms with Gasteiger partial charge in [0.15, 0.2) is 0 Å². The maximum Gasteiger partial charge on any atom is 0.527 e. The Bertz CT molecular complexity index is 972. The molecule has 0 N–H and O–H groups in total. The fraction of sp³-hybridized carbons (Fsp3) is 0.500. The molecular weight excluding hydrogens is 491 g/mol. The van der Waals surface area contributed by atoms with Crippen molar-refractivity contribution < 1.29 is 49.0 Å². The summed E-state index contributed by atoms with van der Waals surface area (Å²) in [5.74, 6) is -4.68. The average Bonchev–Trinajstić information content (AvgIpc) is 2.72. The molecule has 1 aliphatic rings. The maximum absolute atomic E-state index is 14.6. The predicted molar refractivity (Wildman–Crippen MR) is 109 cm³/mol. The Balaban J connectivity index is 1.73. The van der Waals surface area contributed by atoms with Gasteiger partial charge in [-0.1, -0.05) is 31.9 Å². The van der Waals surface area contributed by atoms with Crippen molar-refractivity contribution in [1.82, 2.24) is 0 Å². The quantitative estimate of drug-likeness (QED) is 0.328. The van der Waals surface area contributed by atoms with Crippen LogP contribution in [-0.2, 0) is 10.8 Å². The molecule has 0 aliphatic heterocycles. The van der Waals surface area contributed by atoms with E-state index in [-0.39, 0.29) is 16.9 Å². The zero-order valence-electron chi connectivity index (χ0n) is 18.6. The van der Waals surface area contributed by atoms with Gasteiger partial charge in [-0.15, -0.1) is 13.2 Å². The van der Waals surface area contributed by atoms with Crippen LogP contribution in [0, 0.1) is 23.5 Å². The maximum atomic E-state index is 14.6. The third-order valence-corrected chi connectivity index (χ3v) is 6.04. The van der Waals surface area contributed by atoms with Crippen LogP contribution in [0.5, 0.6) is 5.75 Å². The minimum Gasteiger partial charge on any atom is -0.432 e. The topological polar surface area (TPSA) is 18.5 Å². The summed E-state index contributed by atoms with van der Waals surface area (Å²) in [6.07, 6.45) is -10.6. The molecule has 2 nitrogen and oxygen atoms in total. The fourth-order valence-electron chi connectivity index (χ4n) is 4.37. The molecule has 0 bridgehead atoms. The van der Waals surface area contributed by atoms with E-state index in [1.165, 1.54) is 12.1 Å². The summed E-state index contributed by atoms with van der Waals surface area (Å²) < 4.78 is 129. The lowest BCUT2D eigenvalue weighted by atomic mass is 9.79. The van der Waals surface area contributed by atoms with E-state index in [9.17, 15) is 39.5 Å². The summed E-state index contributed by atoms with van der Waals surface area (Å²) in [7, 11) is 0.